The largest absolute Gasteiger partial charge is 0.491 e. The molecule has 33 heavy (non-hydrogen) atoms. The van der Waals surface area contributed by atoms with Gasteiger partial charge in [-0.15, -0.1) is 11.3 Å². The van der Waals surface area contributed by atoms with Crippen LogP contribution in [-0.4, -0.2) is 54.0 Å². The lowest BCUT2D eigenvalue weighted by molar-refractivity contribution is -0.135. The van der Waals surface area contributed by atoms with Crippen LogP contribution in [0.5, 0.6) is 5.75 Å². The van der Waals surface area contributed by atoms with Crippen molar-refractivity contribution in [1.29, 1.82) is 0 Å². The first-order chi connectivity index (χ1) is 15.8. The smallest absolute Gasteiger partial charge is 0.318 e. The molecule has 3 amide bonds. The minimum Gasteiger partial charge on any atom is -0.491 e. The number of urea groups is 1. The van der Waals surface area contributed by atoms with Crippen LogP contribution in [0.3, 0.4) is 0 Å². The summed E-state index contributed by atoms with van der Waals surface area (Å²) in [5, 5.41) is 5.66. The summed E-state index contributed by atoms with van der Waals surface area (Å²) in [5.74, 6) is 0.965. The molecule has 0 unspecified atom stereocenters. The summed E-state index contributed by atoms with van der Waals surface area (Å²) < 4.78 is 6.05. The molecule has 1 aliphatic rings. The number of nitrogens with one attached hydrogen (secondary N) is 1. The SMILES string of the molecule is CC[C@H](C)CN(CC(=O)N1CCc2sccc2[C@H]1COc1ccc(Cl)cc1)C(=O)NC(C)C. The summed E-state index contributed by atoms with van der Waals surface area (Å²) in [6, 6.07) is 8.94. The number of rotatable bonds is 9. The van der Waals surface area contributed by atoms with E-state index in [9.17, 15) is 9.59 Å². The van der Waals surface area contributed by atoms with Crippen molar-refractivity contribution in [2.45, 2.75) is 52.6 Å². The van der Waals surface area contributed by atoms with Gasteiger partial charge in [-0.1, -0.05) is 31.9 Å². The molecule has 3 rings (SSSR count). The molecule has 1 aliphatic heterocycles. The van der Waals surface area contributed by atoms with Gasteiger partial charge in [0.1, 0.15) is 18.9 Å². The molecular formula is C25H34ClN3O3S. The fourth-order valence-corrected chi connectivity index (χ4v) is 4.95. The molecule has 0 aliphatic carbocycles. The van der Waals surface area contributed by atoms with E-state index >= 15 is 0 Å². The van der Waals surface area contributed by atoms with Crippen LogP contribution in [0, 0.1) is 5.92 Å². The predicted molar refractivity (Wildman–Crippen MR) is 134 cm³/mol. The summed E-state index contributed by atoms with van der Waals surface area (Å²) in [6.07, 6.45) is 1.76. The summed E-state index contributed by atoms with van der Waals surface area (Å²) >= 11 is 7.70. The Morgan fingerprint density at radius 2 is 1.97 bits per heavy atom. The summed E-state index contributed by atoms with van der Waals surface area (Å²) in [7, 11) is 0. The molecule has 1 aromatic heterocycles. The zero-order chi connectivity index (χ0) is 24.0. The van der Waals surface area contributed by atoms with Gasteiger partial charge in [0.05, 0.1) is 6.04 Å². The van der Waals surface area contributed by atoms with Gasteiger partial charge in [-0.2, -0.15) is 0 Å². The average Bonchev–Trinajstić information content (AvgIpc) is 3.26. The van der Waals surface area contributed by atoms with Gasteiger partial charge in [-0.05, 0) is 67.5 Å². The van der Waals surface area contributed by atoms with E-state index in [1.807, 2.05) is 30.9 Å². The molecule has 2 heterocycles. The molecular weight excluding hydrogens is 458 g/mol. The number of thiophene rings is 1. The van der Waals surface area contributed by atoms with Crippen molar-refractivity contribution < 1.29 is 14.3 Å². The van der Waals surface area contributed by atoms with Crippen molar-refractivity contribution in [3.8, 4) is 5.75 Å². The van der Waals surface area contributed by atoms with Crippen LogP contribution in [0.15, 0.2) is 35.7 Å². The van der Waals surface area contributed by atoms with Gasteiger partial charge < -0.3 is 19.9 Å². The number of amides is 3. The van der Waals surface area contributed by atoms with Crippen molar-refractivity contribution in [3.05, 3.63) is 51.2 Å². The Bertz CT molecular complexity index is 931. The van der Waals surface area contributed by atoms with Gasteiger partial charge in [-0.25, -0.2) is 4.79 Å². The predicted octanol–water partition coefficient (Wildman–Crippen LogP) is 5.37. The summed E-state index contributed by atoms with van der Waals surface area (Å²) in [5.41, 5.74) is 1.13. The van der Waals surface area contributed by atoms with E-state index in [0.29, 0.717) is 36.4 Å². The van der Waals surface area contributed by atoms with Crippen LogP contribution in [0.4, 0.5) is 4.79 Å². The highest BCUT2D eigenvalue weighted by atomic mass is 35.5. The number of carbonyl (C=O) groups excluding carboxylic acids is 2. The third-order valence-corrected chi connectivity index (χ3v) is 7.14. The normalized spacial score (nSPS) is 16.3. The Hall–Kier alpha value is -2.25. The summed E-state index contributed by atoms with van der Waals surface area (Å²) in [6.45, 7) is 9.61. The first-order valence-corrected chi connectivity index (χ1v) is 12.8. The second-order valence-electron chi connectivity index (χ2n) is 8.92. The van der Waals surface area contributed by atoms with Crippen molar-refractivity contribution >= 4 is 34.9 Å². The molecule has 8 heteroatoms. The lowest BCUT2D eigenvalue weighted by Crippen LogP contribution is -2.51. The molecule has 1 aromatic carbocycles. The number of fused-ring (bicyclic) bond motifs is 1. The van der Waals surface area contributed by atoms with E-state index in [-0.39, 0.29) is 30.6 Å². The maximum atomic E-state index is 13.5. The highest BCUT2D eigenvalue weighted by Gasteiger charge is 2.33. The maximum Gasteiger partial charge on any atom is 0.318 e. The fourth-order valence-electron chi connectivity index (χ4n) is 3.90. The topological polar surface area (TPSA) is 61.9 Å². The first kappa shape index (κ1) is 25.4. The van der Waals surface area contributed by atoms with Crippen molar-refractivity contribution in [2.24, 2.45) is 5.92 Å². The first-order valence-electron chi connectivity index (χ1n) is 11.6. The van der Waals surface area contributed by atoms with Crippen molar-refractivity contribution in [3.63, 3.8) is 0 Å². The second kappa shape index (κ2) is 11.7. The molecule has 180 valence electrons. The molecule has 0 bridgehead atoms. The highest BCUT2D eigenvalue weighted by molar-refractivity contribution is 7.10. The molecule has 0 fully saturated rings. The van der Waals surface area contributed by atoms with Crippen LogP contribution in [0.1, 0.15) is 50.6 Å². The third-order valence-electron chi connectivity index (χ3n) is 5.89. The lowest BCUT2D eigenvalue weighted by Gasteiger charge is -2.37. The molecule has 6 nitrogen and oxygen atoms in total. The highest BCUT2D eigenvalue weighted by Crippen LogP contribution is 2.34. The molecule has 0 saturated heterocycles. The number of benzene rings is 1. The minimum atomic E-state index is -0.194. The number of halogens is 1. The van der Waals surface area contributed by atoms with Gasteiger partial charge in [-0.3, -0.25) is 4.79 Å². The standard InChI is InChI=1S/C25H34ClN3O3S/c1-5-18(4)14-28(25(31)27-17(2)3)15-24(30)29-12-10-23-21(11-13-33-23)22(29)16-32-20-8-6-19(26)7-9-20/h6-9,11,13,17-18,22H,5,10,12,14-16H2,1-4H3,(H,27,31)/t18-,22+/m0/s1. The van der Waals surface area contributed by atoms with Crippen LogP contribution < -0.4 is 10.1 Å². The van der Waals surface area contributed by atoms with Crippen LogP contribution >= 0.6 is 22.9 Å². The van der Waals surface area contributed by atoms with Crippen LogP contribution in [0.25, 0.3) is 0 Å². The van der Waals surface area contributed by atoms with Crippen LogP contribution in [-0.2, 0) is 11.2 Å². The Kier molecular flexibility index (Phi) is 9.03. The number of hydrogen-bond acceptors (Lipinski definition) is 4. The molecule has 2 atom stereocenters. The Morgan fingerprint density at radius 3 is 2.64 bits per heavy atom. The van der Waals surface area contributed by atoms with Crippen molar-refractivity contribution in [2.75, 3.05) is 26.2 Å². The molecule has 2 aromatic rings. The van der Waals surface area contributed by atoms with Crippen LogP contribution in [0.2, 0.25) is 5.02 Å². The molecule has 0 spiro atoms. The number of ether oxygens (including phenoxy) is 1. The number of carbonyl (C=O) groups is 2. The third kappa shape index (κ3) is 6.87. The molecule has 1 N–H and O–H groups in total. The Morgan fingerprint density at radius 1 is 1.24 bits per heavy atom. The van der Waals surface area contributed by atoms with Gasteiger partial charge >= 0.3 is 6.03 Å². The van der Waals surface area contributed by atoms with Gasteiger partial charge in [0.25, 0.3) is 0 Å². The fraction of sp³-hybridized carbons (Fsp3) is 0.520. The lowest BCUT2D eigenvalue weighted by atomic mass is 10.00. The molecule has 0 saturated carbocycles. The van der Waals surface area contributed by atoms with E-state index in [1.165, 1.54) is 4.88 Å². The van der Waals surface area contributed by atoms with E-state index < -0.39 is 0 Å². The monoisotopic (exact) mass is 491 g/mol. The molecule has 0 radical (unpaired) electrons. The maximum absolute atomic E-state index is 13.5. The zero-order valence-corrected chi connectivity index (χ0v) is 21.4. The quantitative estimate of drug-likeness (QED) is 0.512. The minimum absolute atomic E-state index is 0.0101. The summed E-state index contributed by atoms with van der Waals surface area (Å²) in [4.78, 5) is 31.1. The van der Waals surface area contributed by atoms with Gasteiger partial charge in [0, 0.05) is 29.0 Å². The van der Waals surface area contributed by atoms with E-state index in [1.54, 1.807) is 28.4 Å². The number of nitrogens with zero attached hydrogens (tertiary/aromatic N) is 2. The Labute approximate surface area is 205 Å². The zero-order valence-electron chi connectivity index (χ0n) is 19.8. The van der Waals surface area contributed by atoms with Gasteiger partial charge in [0.15, 0.2) is 0 Å². The average molecular weight is 492 g/mol. The van der Waals surface area contributed by atoms with Crippen molar-refractivity contribution in [1.82, 2.24) is 15.1 Å². The Balaban J connectivity index is 1.76. The van der Waals surface area contributed by atoms with E-state index in [2.05, 4.69) is 30.6 Å². The second-order valence-corrected chi connectivity index (χ2v) is 10.4. The number of hydrogen-bond donors (Lipinski definition) is 1. The van der Waals surface area contributed by atoms with E-state index in [0.717, 1.165) is 18.4 Å². The van der Waals surface area contributed by atoms with Gasteiger partial charge in [0.2, 0.25) is 5.91 Å². The van der Waals surface area contributed by atoms with E-state index in [4.69, 9.17) is 16.3 Å².